The van der Waals surface area contributed by atoms with Gasteiger partial charge in [-0.05, 0) is 56.8 Å². The molecule has 1 fully saturated rings. The second-order valence-corrected chi connectivity index (χ2v) is 5.96. The molecule has 0 aromatic heterocycles. The third-order valence-corrected chi connectivity index (χ3v) is 4.67. The fourth-order valence-corrected chi connectivity index (χ4v) is 3.63. The highest BCUT2D eigenvalue weighted by Gasteiger charge is 2.33. The van der Waals surface area contributed by atoms with Crippen molar-refractivity contribution in [3.63, 3.8) is 0 Å². The molecule has 2 aliphatic heterocycles. The van der Waals surface area contributed by atoms with Gasteiger partial charge >= 0.3 is 0 Å². The largest absolute Gasteiger partial charge is 0.365 e. The summed E-state index contributed by atoms with van der Waals surface area (Å²) in [5, 5.41) is 3.52. The Morgan fingerprint density at radius 1 is 1.17 bits per heavy atom. The minimum Gasteiger partial charge on any atom is -0.365 e. The van der Waals surface area contributed by atoms with E-state index in [0.29, 0.717) is 12.1 Å². The minimum atomic E-state index is 0.686. The summed E-state index contributed by atoms with van der Waals surface area (Å²) in [5.74, 6) is 0.743. The number of para-hydroxylation sites is 1. The van der Waals surface area contributed by atoms with E-state index in [1.54, 1.807) is 5.56 Å². The van der Waals surface area contributed by atoms with E-state index in [9.17, 15) is 0 Å². The van der Waals surface area contributed by atoms with Crippen LogP contribution in [0, 0.1) is 5.92 Å². The van der Waals surface area contributed by atoms with Gasteiger partial charge in [-0.2, -0.15) is 0 Å². The summed E-state index contributed by atoms with van der Waals surface area (Å²) in [6.45, 7) is 7.11. The van der Waals surface area contributed by atoms with Crippen LogP contribution in [0.4, 0.5) is 5.69 Å². The summed E-state index contributed by atoms with van der Waals surface area (Å²) in [6, 6.07) is 10.4. The molecule has 2 nitrogen and oxygen atoms in total. The highest BCUT2D eigenvalue weighted by atomic mass is 15.2. The molecule has 2 heterocycles. The van der Waals surface area contributed by atoms with Gasteiger partial charge in [0.2, 0.25) is 0 Å². The van der Waals surface area contributed by atoms with Gasteiger partial charge in [0.15, 0.2) is 0 Å². The highest BCUT2D eigenvalue weighted by Crippen LogP contribution is 2.35. The van der Waals surface area contributed by atoms with Gasteiger partial charge in [-0.3, -0.25) is 0 Å². The Morgan fingerprint density at radius 2 is 2.00 bits per heavy atom. The first-order valence-electron chi connectivity index (χ1n) is 7.34. The van der Waals surface area contributed by atoms with Gasteiger partial charge in [-0.25, -0.2) is 0 Å². The number of benzene rings is 1. The molecule has 18 heavy (non-hydrogen) atoms. The van der Waals surface area contributed by atoms with E-state index in [4.69, 9.17) is 0 Å². The fraction of sp³-hybridized carbons (Fsp3) is 0.625. The number of hydrogen-bond acceptors (Lipinski definition) is 2. The van der Waals surface area contributed by atoms with Crippen molar-refractivity contribution in [2.24, 2.45) is 5.92 Å². The first-order chi connectivity index (χ1) is 8.77. The lowest BCUT2D eigenvalue weighted by Gasteiger charge is -2.47. The van der Waals surface area contributed by atoms with Crippen molar-refractivity contribution in [3.05, 3.63) is 29.8 Å². The van der Waals surface area contributed by atoms with E-state index in [2.05, 4.69) is 48.3 Å². The van der Waals surface area contributed by atoms with E-state index in [1.807, 2.05) is 0 Å². The van der Waals surface area contributed by atoms with Gasteiger partial charge in [0, 0.05) is 17.8 Å². The van der Waals surface area contributed by atoms with Crippen LogP contribution in [0.25, 0.3) is 0 Å². The van der Waals surface area contributed by atoms with E-state index in [0.717, 1.165) is 12.5 Å². The SMILES string of the molecule is CC1CNCCC1N1c2ccccc2CCC1C. The van der Waals surface area contributed by atoms with Crippen LogP contribution in [0.5, 0.6) is 0 Å². The Bertz CT molecular complexity index is 415. The molecule has 0 amide bonds. The summed E-state index contributed by atoms with van der Waals surface area (Å²) in [7, 11) is 0. The number of rotatable bonds is 1. The average molecular weight is 244 g/mol. The van der Waals surface area contributed by atoms with Gasteiger partial charge in [0.25, 0.3) is 0 Å². The predicted octanol–water partition coefficient (Wildman–Crippen LogP) is 2.83. The molecule has 2 aliphatic rings. The molecule has 3 unspecified atom stereocenters. The number of nitrogens with one attached hydrogen (secondary N) is 1. The lowest BCUT2D eigenvalue weighted by molar-refractivity contribution is 0.308. The average Bonchev–Trinajstić information content (AvgIpc) is 2.40. The van der Waals surface area contributed by atoms with Crippen LogP contribution in [-0.2, 0) is 6.42 Å². The Morgan fingerprint density at radius 3 is 2.83 bits per heavy atom. The third-order valence-electron chi connectivity index (χ3n) is 4.67. The number of nitrogens with zero attached hydrogens (tertiary/aromatic N) is 1. The van der Waals surface area contributed by atoms with Gasteiger partial charge in [-0.15, -0.1) is 0 Å². The number of fused-ring (bicyclic) bond motifs is 1. The zero-order valence-electron chi connectivity index (χ0n) is 11.5. The molecule has 0 aliphatic carbocycles. The smallest absolute Gasteiger partial charge is 0.0403 e. The van der Waals surface area contributed by atoms with Crippen molar-refractivity contribution in [1.29, 1.82) is 0 Å². The first-order valence-corrected chi connectivity index (χ1v) is 7.34. The van der Waals surface area contributed by atoms with E-state index >= 15 is 0 Å². The molecule has 1 aromatic rings. The van der Waals surface area contributed by atoms with Gasteiger partial charge in [0.1, 0.15) is 0 Å². The Balaban J connectivity index is 1.94. The van der Waals surface area contributed by atoms with E-state index < -0.39 is 0 Å². The van der Waals surface area contributed by atoms with Crippen LogP contribution in [0.1, 0.15) is 32.3 Å². The van der Waals surface area contributed by atoms with Crippen molar-refractivity contribution < 1.29 is 0 Å². The summed E-state index contributed by atoms with van der Waals surface area (Å²) in [6.07, 6.45) is 3.82. The van der Waals surface area contributed by atoms with Gasteiger partial charge in [0.05, 0.1) is 0 Å². The number of hydrogen-bond donors (Lipinski definition) is 1. The summed E-state index contributed by atoms with van der Waals surface area (Å²) in [5.41, 5.74) is 3.04. The molecule has 1 saturated heterocycles. The number of anilines is 1. The number of piperidine rings is 1. The molecule has 1 aromatic carbocycles. The summed E-state index contributed by atoms with van der Waals surface area (Å²) >= 11 is 0. The maximum absolute atomic E-state index is 3.52. The second kappa shape index (κ2) is 4.93. The zero-order valence-corrected chi connectivity index (χ0v) is 11.5. The van der Waals surface area contributed by atoms with Crippen LogP contribution >= 0.6 is 0 Å². The normalized spacial score (nSPS) is 32.1. The quantitative estimate of drug-likeness (QED) is 0.817. The van der Waals surface area contributed by atoms with Crippen LogP contribution in [0.3, 0.4) is 0 Å². The molecule has 3 atom stereocenters. The fourth-order valence-electron chi connectivity index (χ4n) is 3.63. The highest BCUT2D eigenvalue weighted by molar-refractivity contribution is 5.57. The van der Waals surface area contributed by atoms with Crippen molar-refractivity contribution in [3.8, 4) is 0 Å². The van der Waals surface area contributed by atoms with E-state index in [-0.39, 0.29) is 0 Å². The lowest BCUT2D eigenvalue weighted by atomic mass is 9.88. The Kier molecular flexibility index (Phi) is 3.29. The maximum atomic E-state index is 3.52. The minimum absolute atomic E-state index is 0.686. The molecular weight excluding hydrogens is 220 g/mol. The monoisotopic (exact) mass is 244 g/mol. The van der Waals surface area contributed by atoms with Crippen LogP contribution < -0.4 is 10.2 Å². The third kappa shape index (κ3) is 2.03. The molecule has 0 saturated carbocycles. The molecular formula is C16H24N2. The predicted molar refractivity (Wildman–Crippen MR) is 77.1 cm³/mol. The molecule has 98 valence electrons. The lowest BCUT2D eigenvalue weighted by Crippen LogP contribution is -2.53. The summed E-state index contributed by atoms with van der Waals surface area (Å²) < 4.78 is 0. The molecule has 3 rings (SSSR count). The van der Waals surface area contributed by atoms with Gasteiger partial charge in [-0.1, -0.05) is 25.1 Å². The van der Waals surface area contributed by atoms with E-state index in [1.165, 1.54) is 31.5 Å². The van der Waals surface area contributed by atoms with Gasteiger partial charge < -0.3 is 10.2 Å². The second-order valence-electron chi connectivity index (χ2n) is 5.96. The first kappa shape index (κ1) is 12.0. The molecule has 0 radical (unpaired) electrons. The van der Waals surface area contributed by atoms with Crippen molar-refractivity contribution in [2.45, 2.75) is 45.2 Å². The standard InChI is InChI=1S/C16H24N2/c1-12-11-17-10-9-15(12)18-13(2)7-8-14-5-3-4-6-16(14)18/h3-6,12-13,15,17H,7-11H2,1-2H3. The van der Waals surface area contributed by atoms with Crippen LogP contribution in [0.15, 0.2) is 24.3 Å². The Labute approximate surface area is 110 Å². The van der Waals surface area contributed by atoms with Crippen LogP contribution in [0.2, 0.25) is 0 Å². The summed E-state index contributed by atoms with van der Waals surface area (Å²) in [4.78, 5) is 2.71. The van der Waals surface area contributed by atoms with Crippen molar-refractivity contribution >= 4 is 5.69 Å². The molecule has 2 heteroatoms. The molecule has 1 N–H and O–H groups in total. The number of aryl methyl sites for hydroxylation is 1. The van der Waals surface area contributed by atoms with Crippen molar-refractivity contribution in [2.75, 3.05) is 18.0 Å². The van der Waals surface area contributed by atoms with Crippen molar-refractivity contribution in [1.82, 2.24) is 5.32 Å². The van der Waals surface area contributed by atoms with Crippen LogP contribution in [-0.4, -0.2) is 25.2 Å². The molecule has 0 bridgehead atoms. The Hall–Kier alpha value is -1.02. The zero-order chi connectivity index (χ0) is 12.5. The molecule has 0 spiro atoms. The maximum Gasteiger partial charge on any atom is 0.0403 e. The topological polar surface area (TPSA) is 15.3 Å².